The van der Waals surface area contributed by atoms with Crippen LogP contribution in [0.15, 0.2) is 0 Å². The van der Waals surface area contributed by atoms with Gasteiger partial charge >= 0.3 is 0 Å². The minimum Gasteiger partial charge on any atom is -0.379 e. The molecule has 1 heterocycles. The smallest absolute Gasteiger partial charge is 0.0809 e. The number of nitrogens with one attached hydrogen (secondary N) is 1. The zero-order valence-electron chi connectivity index (χ0n) is 13.1. The molecule has 0 saturated carbocycles. The van der Waals surface area contributed by atoms with E-state index >= 15 is 0 Å². The van der Waals surface area contributed by atoms with Crippen LogP contribution in [-0.2, 0) is 9.47 Å². The van der Waals surface area contributed by atoms with Crippen LogP contribution in [0.3, 0.4) is 0 Å². The van der Waals surface area contributed by atoms with Crippen molar-refractivity contribution in [3.8, 4) is 0 Å². The molecule has 1 fully saturated rings. The number of hydrogen-bond acceptors (Lipinski definition) is 3. The monoisotopic (exact) mass is 271 g/mol. The third-order valence-corrected chi connectivity index (χ3v) is 4.10. The predicted molar refractivity (Wildman–Crippen MR) is 80.6 cm³/mol. The minimum absolute atomic E-state index is 0.363. The Morgan fingerprint density at radius 1 is 1.32 bits per heavy atom. The zero-order chi connectivity index (χ0) is 13.9. The molecule has 3 heteroatoms. The summed E-state index contributed by atoms with van der Waals surface area (Å²) in [6.45, 7) is 10.5. The van der Waals surface area contributed by atoms with E-state index in [2.05, 4.69) is 26.1 Å². The van der Waals surface area contributed by atoms with Gasteiger partial charge in [-0.2, -0.15) is 0 Å². The largest absolute Gasteiger partial charge is 0.379 e. The van der Waals surface area contributed by atoms with E-state index in [-0.39, 0.29) is 0 Å². The summed E-state index contributed by atoms with van der Waals surface area (Å²) in [5, 5.41) is 3.65. The second-order valence-electron chi connectivity index (χ2n) is 5.87. The SMILES string of the molecule is CCC(C)CC(CC)NCCCOCC1CCCO1. The first-order valence-electron chi connectivity index (χ1n) is 8.19. The molecule has 1 saturated heterocycles. The van der Waals surface area contributed by atoms with Crippen LogP contribution < -0.4 is 5.32 Å². The third kappa shape index (κ3) is 7.91. The molecule has 3 unspecified atom stereocenters. The van der Waals surface area contributed by atoms with Gasteiger partial charge in [-0.1, -0.05) is 27.2 Å². The maximum absolute atomic E-state index is 5.67. The molecule has 0 aliphatic carbocycles. The van der Waals surface area contributed by atoms with Gasteiger partial charge in [0.2, 0.25) is 0 Å². The topological polar surface area (TPSA) is 30.5 Å². The molecule has 1 rings (SSSR count). The summed E-state index contributed by atoms with van der Waals surface area (Å²) in [6, 6.07) is 0.674. The summed E-state index contributed by atoms with van der Waals surface area (Å²) >= 11 is 0. The van der Waals surface area contributed by atoms with Crippen molar-refractivity contribution in [1.29, 1.82) is 0 Å². The fourth-order valence-corrected chi connectivity index (χ4v) is 2.52. The van der Waals surface area contributed by atoms with Gasteiger partial charge in [0.15, 0.2) is 0 Å². The van der Waals surface area contributed by atoms with Gasteiger partial charge in [0, 0.05) is 19.3 Å². The molecule has 3 nitrogen and oxygen atoms in total. The van der Waals surface area contributed by atoms with Gasteiger partial charge in [-0.3, -0.25) is 0 Å². The first-order valence-corrected chi connectivity index (χ1v) is 8.19. The Morgan fingerprint density at radius 3 is 2.79 bits per heavy atom. The molecule has 0 radical (unpaired) electrons. The zero-order valence-corrected chi connectivity index (χ0v) is 13.1. The van der Waals surface area contributed by atoms with Crippen LogP contribution in [0.25, 0.3) is 0 Å². The van der Waals surface area contributed by atoms with Crippen molar-refractivity contribution in [3.05, 3.63) is 0 Å². The highest BCUT2D eigenvalue weighted by Gasteiger charge is 2.15. The highest BCUT2D eigenvalue weighted by molar-refractivity contribution is 4.68. The van der Waals surface area contributed by atoms with Gasteiger partial charge in [0.25, 0.3) is 0 Å². The molecule has 0 aromatic heterocycles. The van der Waals surface area contributed by atoms with Crippen LogP contribution in [-0.4, -0.2) is 38.5 Å². The van der Waals surface area contributed by atoms with Crippen molar-refractivity contribution < 1.29 is 9.47 Å². The third-order valence-electron chi connectivity index (χ3n) is 4.10. The molecular formula is C16H33NO2. The lowest BCUT2D eigenvalue weighted by atomic mass is 9.98. The Bertz CT molecular complexity index is 205. The first-order chi connectivity index (χ1) is 9.26. The Morgan fingerprint density at radius 2 is 2.16 bits per heavy atom. The Balaban J connectivity index is 1.93. The van der Waals surface area contributed by atoms with E-state index < -0.39 is 0 Å². The van der Waals surface area contributed by atoms with E-state index in [1.54, 1.807) is 0 Å². The average Bonchev–Trinajstić information content (AvgIpc) is 2.94. The maximum atomic E-state index is 5.67. The van der Waals surface area contributed by atoms with Gasteiger partial charge in [0.1, 0.15) is 0 Å². The summed E-state index contributed by atoms with van der Waals surface area (Å²) in [7, 11) is 0. The average molecular weight is 271 g/mol. The van der Waals surface area contributed by atoms with Crippen LogP contribution in [0.5, 0.6) is 0 Å². The van der Waals surface area contributed by atoms with Gasteiger partial charge in [-0.25, -0.2) is 0 Å². The molecule has 0 aromatic carbocycles. The van der Waals surface area contributed by atoms with E-state index in [9.17, 15) is 0 Å². The van der Waals surface area contributed by atoms with Crippen molar-refractivity contribution in [2.75, 3.05) is 26.4 Å². The van der Waals surface area contributed by atoms with E-state index in [0.717, 1.165) is 38.7 Å². The van der Waals surface area contributed by atoms with Gasteiger partial charge in [-0.15, -0.1) is 0 Å². The van der Waals surface area contributed by atoms with E-state index in [0.29, 0.717) is 12.1 Å². The van der Waals surface area contributed by atoms with Gasteiger partial charge in [0.05, 0.1) is 12.7 Å². The maximum Gasteiger partial charge on any atom is 0.0809 e. The molecule has 0 aromatic rings. The second kappa shape index (κ2) is 10.6. The Labute approximate surface area is 119 Å². The van der Waals surface area contributed by atoms with Crippen molar-refractivity contribution in [2.45, 2.75) is 71.4 Å². The fraction of sp³-hybridized carbons (Fsp3) is 1.00. The molecule has 0 bridgehead atoms. The summed E-state index contributed by atoms with van der Waals surface area (Å²) in [4.78, 5) is 0. The summed E-state index contributed by atoms with van der Waals surface area (Å²) in [5.41, 5.74) is 0. The standard InChI is InChI=1S/C16H33NO2/c1-4-14(3)12-15(5-2)17-9-7-10-18-13-16-8-6-11-19-16/h14-17H,4-13H2,1-3H3. The van der Waals surface area contributed by atoms with E-state index in [1.807, 2.05) is 0 Å². The fourth-order valence-electron chi connectivity index (χ4n) is 2.52. The van der Waals surface area contributed by atoms with Crippen LogP contribution >= 0.6 is 0 Å². The Hall–Kier alpha value is -0.120. The van der Waals surface area contributed by atoms with Crippen molar-refractivity contribution >= 4 is 0 Å². The lowest BCUT2D eigenvalue weighted by Gasteiger charge is -2.20. The summed E-state index contributed by atoms with van der Waals surface area (Å²) in [5.74, 6) is 0.827. The summed E-state index contributed by atoms with van der Waals surface area (Å²) in [6.07, 6.45) is 7.63. The van der Waals surface area contributed by atoms with E-state index in [4.69, 9.17) is 9.47 Å². The molecular weight excluding hydrogens is 238 g/mol. The minimum atomic E-state index is 0.363. The van der Waals surface area contributed by atoms with Crippen molar-refractivity contribution in [2.24, 2.45) is 5.92 Å². The lowest BCUT2D eigenvalue weighted by Crippen LogP contribution is -2.31. The molecule has 114 valence electrons. The first kappa shape index (κ1) is 16.9. The number of rotatable bonds is 11. The number of hydrogen-bond donors (Lipinski definition) is 1. The molecule has 1 aliphatic heterocycles. The van der Waals surface area contributed by atoms with E-state index in [1.165, 1.54) is 32.1 Å². The van der Waals surface area contributed by atoms with Crippen molar-refractivity contribution in [3.63, 3.8) is 0 Å². The molecule has 0 amide bonds. The van der Waals surface area contributed by atoms with Crippen LogP contribution in [0.4, 0.5) is 0 Å². The summed E-state index contributed by atoms with van der Waals surface area (Å²) < 4.78 is 11.2. The highest BCUT2D eigenvalue weighted by atomic mass is 16.5. The molecule has 1 N–H and O–H groups in total. The van der Waals surface area contributed by atoms with Crippen molar-refractivity contribution in [1.82, 2.24) is 5.32 Å². The Kier molecular flexibility index (Phi) is 9.48. The quantitative estimate of drug-likeness (QED) is 0.584. The second-order valence-corrected chi connectivity index (χ2v) is 5.87. The van der Waals surface area contributed by atoms with Crippen LogP contribution in [0, 0.1) is 5.92 Å². The van der Waals surface area contributed by atoms with Crippen LogP contribution in [0.1, 0.15) is 59.3 Å². The lowest BCUT2D eigenvalue weighted by molar-refractivity contribution is 0.0165. The molecule has 1 aliphatic rings. The number of ether oxygens (including phenoxy) is 2. The predicted octanol–water partition coefficient (Wildman–Crippen LogP) is 3.38. The van der Waals surface area contributed by atoms with Gasteiger partial charge in [-0.05, 0) is 44.6 Å². The van der Waals surface area contributed by atoms with Gasteiger partial charge < -0.3 is 14.8 Å². The molecule has 3 atom stereocenters. The van der Waals surface area contributed by atoms with Crippen LogP contribution in [0.2, 0.25) is 0 Å². The molecule has 0 spiro atoms. The molecule has 19 heavy (non-hydrogen) atoms. The highest BCUT2D eigenvalue weighted by Crippen LogP contribution is 2.13. The normalized spacial score (nSPS) is 22.6.